The zero-order chi connectivity index (χ0) is 18.0. The van der Waals surface area contributed by atoms with Crippen molar-refractivity contribution in [1.82, 2.24) is 9.80 Å². The normalized spacial score (nSPS) is 18.2. The van der Waals surface area contributed by atoms with Crippen LogP contribution in [0.1, 0.15) is 18.1 Å². The fraction of sp³-hybridized carbons (Fsp3) is 0.333. The maximum Gasteiger partial charge on any atom is 0.256 e. The monoisotopic (exact) mass is 359 g/mol. The third-order valence-electron chi connectivity index (χ3n) is 4.36. The number of fused-ring (bicyclic) bond motifs is 1. The fourth-order valence-corrected chi connectivity index (χ4v) is 3.80. The molecule has 0 atom stereocenters. The summed E-state index contributed by atoms with van der Waals surface area (Å²) in [6, 6.07) is 8.01. The lowest BCUT2D eigenvalue weighted by atomic mass is 10.1. The van der Waals surface area contributed by atoms with E-state index in [1.54, 1.807) is 28.2 Å². The molecule has 1 aromatic carbocycles. The summed E-state index contributed by atoms with van der Waals surface area (Å²) in [4.78, 5) is 16.4. The van der Waals surface area contributed by atoms with Crippen LogP contribution in [0.25, 0.3) is 0 Å². The standard InChI is InChI=1S/C18H21N3O3S/c1-3-20(12-15-7-5-4-6-14(15)2)18(22)16-8-9-17-19-25(23,24)11-10-21(17)13-16/h4-9,13H,3,10-12H2,1-2H3. The van der Waals surface area contributed by atoms with Gasteiger partial charge in [0.1, 0.15) is 5.84 Å². The van der Waals surface area contributed by atoms with Crippen LogP contribution in [-0.2, 0) is 21.4 Å². The van der Waals surface area contributed by atoms with Gasteiger partial charge < -0.3 is 9.80 Å². The van der Waals surface area contributed by atoms with E-state index in [1.807, 2.05) is 38.1 Å². The molecule has 132 valence electrons. The number of amidine groups is 1. The van der Waals surface area contributed by atoms with Crippen molar-refractivity contribution < 1.29 is 13.2 Å². The largest absolute Gasteiger partial charge is 0.335 e. The van der Waals surface area contributed by atoms with Crippen LogP contribution in [0.2, 0.25) is 0 Å². The van der Waals surface area contributed by atoms with E-state index in [0.29, 0.717) is 31.0 Å². The van der Waals surface area contributed by atoms with Crippen LogP contribution in [0, 0.1) is 6.92 Å². The van der Waals surface area contributed by atoms with Crippen molar-refractivity contribution in [1.29, 1.82) is 0 Å². The number of likely N-dealkylation sites (N-methyl/N-ethyl adjacent to an activating group) is 1. The molecule has 1 aromatic rings. The van der Waals surface area contributed by atoms with E-state index in [1.165, 1.54) is 0 Å². The third-order valence-corrected chi connectivity index (χ3v) is 5.53. The van der Waals surface area contributed by atoms with Gasteiger partial charge in [0.2, 0.25) is 0 Å². The quantitative estimate of drug-likeness (QED) is 0.822. The molecule has 0 spiro atoms. The summed E-state index contributed by atoms with van der Waals surface area (Å²) in [6.45, 7) is 5.43. The number of sulfonamides is 1. The zero-order valence-corrected chi connectivity index (χ0v) is 15.2. The molecule has 0 fully saturated rings. The van der Waals surface area contributed by atoms with Crippen LogP contribution in [0.3, 0.4) is 0 Å². The van der Waals surface area contributed by atoms with Crippen molar-refractivity contribution in [3.63, 3.8) is 0 Å². The van der Waals surface area contributed by atoms with Gasteiger partial charge in [0, 0.05) is 25.8 Å². The number of carbonyl (C=O) groups is 1. The van der Waals surface area contributed by atoms with E-state index in [2.05, 4.69) is 4.40 Å². The number of benzene rings is 1. The second-order valence-electron chi connectivity index (χ2n) is 6.09. The van der Waals surface area contributed by atoms with Gasteiger partial charge in [-0.3, -0.25) is 4.79 Å². The molecule has 1 amide bonds. The van der Waals surface area contributed by atoms with Gasteiger partial charge in [-0.1, -0.05) is 24.3 Å². The van der Waals surface area contributed by atoms with Crippen LogP contribution < -0.4 is 0 Å². The summed E-state index contributed by atoms with van der Waals surface area (Å²) >= 11 is 0. The maximum absolute atomic E-state index is 12.9. The van der Waals surface area contributed by atoms with Crippen molar-refractivity contribution in [3.8, 4) is 0 Å². The van der Waals surface area contributed by atoms with E-state index < -0.39 is 10.0 Å². The van der Waals surface area contributed by atoms with Crippen molar-refractivity contribution in [2.45, 2.75) is 20.4 Å². The number of hydrogen-bond acceptors (Lipinski definition) is 4. The highest BCUT2D eigenvalue weighted by atomic mass is 32.2. The van der Waals surface area contributed by atoms with Gasteiger partial charge in [0.05, 0.1) is 11.3 Å². The van der Waals surface area contributed by atoms with Crippen LogP contribution in [0.15, 0.2) is 52.6 Å². The summed E-state index contributed by atoms with van der Waals surface area (Å²) in [6.07, 6.45) is 4.92. The smallest absolute Gasteiger partial charge is 0.256 e. The van der Waals surface area contributed by atoms with Gasteiger partial charge in [-0.05, 0) is 37.1 Å². The Bertz CT molecular complexity index is 885. The Morgan fingerprint density at radius 2 is 2.04 bits per heavy atom. The van der Waals surface area contributed by atoms with E-state index >= 15 is 0 Å². The Labute approximate surface area is 148 Å². The number of rotatable bonds is 4. The molecule has 2 heterocycles. The number of carbonyl (C=O) groups excluding carboxylic acids is 1. The topological polar surface area (TPSA) is 70.1 Å². The molecular weight excluding hydrogens is 338 g/mol. The minimum Gasteiger partial charge on any atom is -0.335 e. The molecule has 6 nitrogen and oxygen atoms in total. The van der Waals surface area contributed by atoms with Gasteiger partial charge in [-0.2, -0.15) is 0 Å². The zero-order valence-electron chi connectivity index (χ0n) is 14.3. The summed E-state index contributed by atoms with van der Waals surface area (Å²) in [7, 11) is -3.39. The predicted octanol–water partition coefficient (Wildman–Crippen LogP) is 1.84. The third kappa shape index (κ3) is 3.82. The van der Waals surface area contributed by atoms with Crippen molar-refractivity contribution in [3.05, 3.63) is 59.3 Å². The molecule has 0 radical (unpaired) electrons. The first-order chi connectivity index (χ1) is 11.9. The summed E-state index contributed by atoms with van der Waals surface area (Å²) in [5.41, 5.74) is 2.80. The molecule has 0 aliphatic carbocycles. The summed E-state index contributed by atoms with van der Waals surface area (Å²) < 4.78 is 26.9. The van der Waals surface area contributed by atoms with Gasteiger partial charge in [0.25, 0.3) is 15.9 Å². The Morgan fingerprint density at radius 1 is 1.28 bits per heavy atom. The highest BCUT2D eigenvalue weighted by Gasteiger charge is 2.26. The Morgan fingerprint density at radius 3 is 2.76 bits per heavy atom. The average Bonchev–Trinajstić information content (AvgIpc) is 2.59. The fourth-order valence-electron chi connectivity index (χ4n) is 2.83. The van der Waals surface area contributed by atoms with E-state index in [9.17, 15) is 13.2 Å². The van der Waals surface area contributed by atoms with Crippen LogP contribution >= 0.6 is 0 Å². The molecule has 2 aliphatic rings. The molecule has 3 rings (SSSR count). The average molecular weight is 359 g/mol. The second kappa shape index (κ2) is 6.84. The molecule has 0 bridgehead atoms. The Balaban J connectivity index is 1.80. The van der Waals surface area contributed by atoms with Crippen LogP contribution in [0.5, 0.6) is 0 Å². The number of amides is 1. The van der Waals surface area contributed by atoms with Crippen molar-refractivity contribution >= 4 is 21.8 Å². The lowest BCUT2D eigenvalue weighted by Crippen LogP contribution is -2.39. The van der Waals surface area contributed by atoms with E-state index in [4.69, 9.17) is 0 Å². The molecule has 0 N–H and O–H groups in total. The predicted molar refractivity (Wildman–Crippen MR) is 97.4 cm³/mol. The second-order valence-corrected chi connectivity index (χ2v) is 7.85. The maximum atomic E-state index is 12.9. The van der Waals surface area contributed by atoms with Gasteiger partial charge in [-0.15, -0.1) is 4.40 Å². The number of hydrogen-bond donors (Lipinski definition) is 0. The molecule has 0 saturated heterocycles. The van der Waals surface area contributed by atoms with Gasteiger partial charge in [0.15, 0.2) is 0 Å². The van der Waals surface area contributed by atoms with E-state index in [-0.39, 0.29) is 11.7 Å². The minimum atomic E-state index is -3.39. The highest BCUT2D eigenvalue weighted by Crippen LogP contribution is 2.19. The van der Waals surface area contributed by atoms with Crippen molar-refractivity contribution in [2.24, 2.45) is 4.40 Å². The lowest BCUT2D eigenvalue weighted by molar-refractivity contribution is -0.127. The number of aryl methyl sites for hydroxylation is 1. The van der Waals surface area contributed by atoms with E-state index in [0.717, 1.165) is 11.1 Å². The van der Waals surface area contributed by atoms with Gasteiger partial charge >= 0.3 is 0 Å². The molecule has 0 saturated carbocycles. The van der Waals surface area contributed by atoms with Crippen LogP contribution in [0.4, 0.5) is 0 Å². The molecule has 0 unspecified atom stereocenters. The first-order valence-corrected chi connectivity index (χ1v) is 9.83. The SMILES string of the molecule is CCN(Cc1ccccc1C)C(=O)C1=CN2CCS(=O)(=O)N=C2C=C1. The number of nitrogens with zero attached hydrogens (tertiary/aromatic N) is 3. The Kier molecular flexibility index (Phi) is 4.76. The first kappa shape index (κ1) is 17.4. The van der Waals surface area contributed by atoms with Crippen molar-refractivity contribution in [2.75, 3.05) is 18.8 Å². The molecule has 7 heteroatoms. The lowest BCUT2D eigenvalue weighted by Gasteiger charge is -2.29. The first-order valence-electron chi connectivity index (χ1n) is 8.22. The van der Waals surface area contributed by atoms with Gasteiger partial charge in [-0.25, -0.2) is 8.42 Å². The minimum absolute atomic E-state index is 0.0387. The van der Waals surface area contributed by atoms with Crippen LogP contribution in [-0.4, -0.2) is 48.8 Å². The molecular formula is C18H21N3O3S. The molecule has 0 aromatic heterocycles. The highest BCUT2D eigenvalue weighted by molar-refractivity contribution is 7.90. The summed E-state index contributed by atoms with van der Waals surface area (Å²) in [5, 5.41) is 0. The molecule has 25 heavy (non-hydrogen) atoms. The molecule has 2 aliphatic heterocycles. The summed E-state index contributed by atoms with van der Waals surface area (Å²) in [5.74, 6) is 0.252. The Hall–Kier alpha value is -2.41.